The highest BCUT2D eigenvalue weighted by Gasteiger charge is 2.31. The minimum atomic E-state index is 0.258. The molecule has 0 aromatic carbocycles. The van der Waals surface area contributed by atoms with E-state index in [0.29, 0.717) is 0 Å². The average molecular weight is 197 g/mol. The van der Waals surface area contributed by atoms with E-state index in [0.717, 1.165) is 12.3 Å². The van der Waals surface area contributed by atoms with Gasteiger partial charge in [-0.3, -0.25) is 0 Å². The molecule has 14 heavy (non-hydrogen) atoms. The van der Waals surface area contributed by atoms with Crippen LogP contribution in [-0.2, 0) is 4.84 Å². The Morgan fingerprint density at radius 1 is 1.36 bits per heavy atom. The van der Waals surface area contributed by atoms with Gasteiger partial charge in [0.1, 0.15) is 5.76 Å². The van der Waals surface area contributed by atoms with E-state index in [1.54, 1.807) is 0 Å². The van der Waals surface area contributed by atoms with Crippen LogP contribution >= 0.6 is 0 Å². The van der Waals surface area contributed by atoms with Crippen molar-refractivity contribution >= 4 is 0 Å². The van der Waals surface area contributed by atoms with E-state index in [2.05, 4.69) is 32.3 Å². The summed E-state index contributed by atoms with van der Waals surface area (Å²) in [5, 5.41) is 0. The normalized spacial score (nSPS) is 20.1. The topological polar surface area (TPSA) is 21.3 Å². The summed E-state index contributed by atoms with van der Waals surface area (Å²) in [6.07, 6.45) is 8.43. The number of unbranched alkanes of at least 4 members (excludes halogenated alkanes) is 1. The summed E-state index contributed by atoms with van der Waals surface area (Å²) < 4.78 is 0. The predicted molar refractivity (Wildman–Crippen MR) is 59.7 cm³/mol. The summed E-state index contributed by atoms with van der Waals surface area (Å²) in [6.45, 7) is 7.67. The monoisotopic (exact) mass is 197 g/mol. The Hall–Kier alpha value is -0.500. The number of hydrogen-bond acceptors (Lipinski definition) is 2. The van der Waals surface area contributed by atoms with E-state index in [4.69, 9.17) is 4.84 Å². The molecule has 0 radical (unpaired) electrons. The lowest BCUT2D eigenvalue weighted by Gasteiger charge is -2.29. The number of hydrogen-bond donors (Lipinski definition) is 1. The van der Waals surface area contributed by atoms with Gasteiger partial charge in [-0.05, 0) is 18.9 Å². The molecule has 0 amide bonds. The molecular weight excluding hydrogens is 174 g/mol. The second kappa shape index (κ2) is 5.40. The molecule has 1 aliphatic rings. The Morgan fingerprint density at radius 3 is 2.64 bits per heavy atom. The summed E-state index contributed by atoms with van der Waals surface area (Å²) in [7, 11) is 0. The molecule has 0 saturated carbocycles. The molecule has 0 spiro atoms. The summed E-state index contributed by atoms with van der Waals surface area (Å²) >= 11 is 0. The molecule has 0 bridgehead atoms. The molecule has 1 N–H and O–H groups in total. The largest absolute Gasteiger partial charge is 0.413 e. The minimum Gasteiger partial charge on any atom is -0.413 e. The smallest absolute Gasteiger partial charge is 0.127 e. The van der Waals surface area contributed by atoms with Gasteiger partial charge in [-0.25, -0.2) is 0 Å². The van der Waals surface area contributed by atoms with Gasteiger partial charge >= 0.3 is 0 Å². The maximum atomic E-state index is 5.48. The molecule has 0 aromatic heterocycles. The Bertz CT molecular complexity index is 200. The van der Waals surface area contributed by atoms with Crippen LogP contribution in [0.25, 0.3) is 0 Å². The molecule has 0 saturated heterocycles. The molecule has 1 heterocycles. The van der Waals surface area contributed by atoms with Gasteiger partial charge in [0, 0.05) is 5.41 Å². The highest BCUT2D eigenvalue weighted by Crippen LogP contribution is 2.38. The second-order valence-electron chi connectivity index (χ2n) is 4.43. The van der Waals surface area contributed by atoms with Crippen LogP contribution in [0.1, 0.15) is 52.9 Å². The molecule has 1 aliphatic heterocycles. The van der Waals surface area contributed by atoms with E-state index in [9.17, 15) is 0 Å². The average Bonchev–Trinajstić information content (AvgIpc) is 2.68. The molecule has 2 nitrogen and oxygen atoms in total. The Morgan fingerprint density at radius 2 is 2.14 bits per heavy atom. The van der Waals surface area contributed by atoms with Crippen molar-refractivity contribution in [3.63, 3.8) is 0 Å². The highest BCUT2D eigenvalue weighted by molar-refractivity contribution is 5.09. The third-order valence-electron chi connectivity index (χ3n) is 3.03. The van der Waals surface area contributed by atoms with Crippen molar-refractivity contribution in [3.8, 4) is 0 Å². The van der Waals surface area contributed by atoms with E-state index >= 15 is 0 Å². The standard InChI is InChI=1S/C12H23NO/c1-4-6-9-12(3,8-5-2)11-7-10-13-14-11/h7,13H,4-6,8-10H2,1-3H3. The molecule has 1 atom stereocenters. The van der Waals surface area contributed by atoms with Crippen molar-refractivity contribution < 1.29 is 4.84 Å². The first kappa shape index (κ1) is 11.6. The molecule has 0 aliphatic carbocycles. The number of hydroxylamine groups is 1. The SMILES string of the molecule is CCCCC(C)(CCC)C1=CCNO1. The van der Waals surface area contributed by atoms with Crippen LogP contribution in [-0.4, -0.2) is 6.54 Å². The van der Waals surface area contributed by atoms with Crippen LogP contribution in [0, 0.1) is 5.41 Å². The van der Waals surface area contributed by atoms with Crippen molar-refractivity contribution in [1.82, 2.24) is 5.48 Å². The molecule has 0 fully saturated rings. The van der Waals surface area contributed by atoms with Gasteiger partial charge in [0.25, 0.3) is 0 Å². The zero-order valence-electron chi connectivity index (χ0n) is 9.73. The second-order valence-corrected chi connectivity index (χ2v) is 4.43. The maximum absolute atomic E-state index is 5.48. The summed E-state index contributed by atoms with van der Waals surface area (Å²) in [5.74, 6) is 1.16. The van der Waals surface area contributed by atoms with Crippen molar-refractivity contribution in [2.45, 2.75) is 52.9 Å². The van der Waals surface area contributed by atoms with E-state index in [1.165, 1.54) is 32.1 Å². The summed E-state index contributed by atoms with van der Waals surface area (Å²) in [5.41, 5.74) is 3.18. The first-order valence-corrected chi connectivity index (χ1v) is 5.83. The van der Waals surface area contributed by atoms with Gasteiger partial charge in [-0.15, -0.1) is 0 Å². The van der Waals surface area contributed by atoms with Crippen molar-refractivity contribution in [3.05, 3.63) is 11.8 Å². The van der Waals surface area contributed by atoms with Crippen LogP contribution in [0.4, 0.5) is 0 Å². The van der Waals surface area contributed by atoms with E-state index in [-0.39, 0.29) is 5.41 Å². The molecule has 1 unspecified atom stereocenters. The predicted octanol–water partition coefficient (Wildman–Crippen LogP) is 3.40. The maximum Gasteiger partial charge on any atom is 0.127 e. The minimum absolute atomic E-state index is 0.258. The molecule has 82 valence electrons. The van der Waals surface area contributed by atoms with Gasteiger partial charge in [0.05, 0.1) is 6.54 Å². The number of rotatable bonds is 6. The van der Waals surface area contributed by atoms with Crippen LogP contribution in [0.15, 0.2) is 11.8 Å². The lowest BCUT2D eigenvalue weighted by Crippen LogP contribution is -2.21. The first-order valence-electron chi connectivity index (χ1n) is 5.83. The van der Waals surface area contributed by atoms with Crippen molar-refractivity contribution in [2.75, 3.05) is 6.54 Å². The highest BCUT2D eigenvalue weighted by atomic mass is 16.7. The Balaban J connectivity index is 2.59. The van der Waals surface area contributed by atoms with Crippen LogP contribution in [0.3, 0.4) is 0 Å². The third-order valence-corrected chi connectivity index (χ3v) is 3.03. The lowest BCUT2D eigenvalue weighted by atomic mass is 9.79. The quantitative estimate of drug-likeness (QED) is 0.704. The van der Waals surface area contributed by atoms with Gasteiger partial charge in [0.2, 0.25) is 0 Å². The molecule has 2 heteroatoms. The summed E-state index contributed by atoms with van der Waals surface area (Å²) in [6, 6.07) is 0. The molecule has 1 rings (SSSR count). The van der Waals surface area contributed by atoms with Crippen molar-refractivity contribution in [1.29, 1.82) is 0 Å². The zero-order chi connectivity index (χ0) is 10.4. The van der Waals surface area contributed by atoms with Gasteiger partial charge in [-0.2, -0.15) is 5.48 Å². The number of allylic oxidation sites excluding steroid dienone is 1. The van der Waals surface area contributed by atoms with Crippen LogP contribution in [0.5, 0.6) is 0 Å². The van der Waals surface area contributed by atoms with Crippen LogP contribution < -0.4 is 5.48 Å². The Kier molecular flexibility index (Phi) is 4.46. The van der Waals surface area contributed by atoms with Crippen LogP contribution in [0.2, 0.25) is 0 Å². The third kappa shape index (κ3) is 2.74. The lowest BCUT2D eigenvalue weighted by molar-refractivity contribution is 0.0752. The fourth-order valence-electron chi connectivity index (χ4n) is 2.16. The van der Waals surface area contributed by atoms with Gasteiger partial charge < -0.3 is 4.84 Å². The Labute approximate surface area is 87.7 Å². The molecular formula is C12H23NO. The first-order chi connectivity index (χ1) is 6.73. The number of nitrogens with one attached hydrogen (secondary N) is 1. The van der Waals surface area contributed by atoms with Crippen molar-refractivity contribution in [2.24, 2.45) is 5.41 Å². The van der Waals surface area contributed by atoms with Gasteiger partial charge in [0.15, 0.2) is 0 Å². The fraction of sp³-hybridized carbons (Fsp3) is 0.833. The van der Waals surface area contributed by atoms with Gasteiger partial charge in [-0.1, -0.05) is 40.0 Å². The summed E-state index contributed by atoms with van der Waals surface area (Å²) in [4.78, 5) is 5.48. The fourth-order valence-corrected chi connectivity index (χ4v) is 2.16. The molecule has 0 aromatic rings. The van der Waals surface area contributed by atoms with E-state index in [1.807, 2.05) is 0 Å². The zero-order valence-corrected chi connectivity index (χ0v) is 9.73. The van der Waals surface area contributed by atoms with E-state index < -0.39 is 0 Å².